The number of carboxylic acids is 1. The number of nitrogens with zero attached hydrogens (tertiary/aromatic N) is 2. The first-order chi connectivity index (χ1) is 8.55. The van der Waals surface area contributed by atoms with Crippen LogP contribution < -0.4 is 0 Å². The summed E-state index contributed by atoms with van der Waals surface area (Å²) in [4.78, 5) is 11.0. The summed E-state index contributed by atoms with van der Waals surface area (Å²) in [5.41, 5.74) is 1.34. The SMILES string of the molecule is CC(C(=O)O)C(C)C(O)c1cn(C)nc1C(C)(C)C. The largest absolute Gasteiger partial charge is 0.481 e. The van der Waals surface area contributed by atoms with Gasteiger partial charge < -0.3 is 10.2 Å². The van der Waals surface area contributed by atoms with Gasteiger partial charge in [0.1, 0.15) is 0 Å². The first-order valence-electron chi connectivity index (χ1n) is 6.50. The molecule has 3 unspecified atom stereocenters. The van der Waals surface area contributed by atoms with Gasteiger partial charge in [0.15, 0.2) is 0 Å². The van der Waals surface area contributed by atoms with Crippen LogP contribution in [-0.4, -0.2) is 26.0 Å². The molecule has 1 rings (SSSR count). The number of carboxylic acid groups (broad SMARTS) is 1. The molecule has 0 aromatic carbocycles. The van der Waals surface area contributed by atoms with Crippen LogP contribution >= 0.6 is 0 Å². The van der Waals surface area contributed by atoms with Crippen molar-refractivity contribution in [3.8, 4) is 0 Å². The number of rotatable bonds is 4. The summed E-state index contributed by atoms with van der Waals surface area (Å²) in [5, 5.41) is 23.9. The third kappa shape index (κ3) is 3.35. The molecular formula is C14H24N2O3. The van der Waals surface area contributed by atoms with Crippen molar-refractivity contribution >= 4 is 5.97 Å². The zero-order valence-electron chi connectivity index (χ0n) is 12.5. The molecule has 0 spiro atoms. The molecular weight excluding hydrogens is 244 g/mol. The molecule has 0 saturated heterocycles. The van der Waals surface area contributed by atoms with Crippen molar-refractivity contribution < 1.29 is 15.0 Å². The quantitative estimate of drug-likeness (QED) is 0.877. The summed E-state index contributed by atoms with van der Waals surface area (Å²) in [5.74, 6) is -1.88. The van der Waals surface area contributed by atoms with E-state index in [2.05, 4.69) is 5.10 Å². The lowest BCUT2D eigenvalue weighted by Gasteiger charge is -2.25. The fraction of sp³-hybridized carbons (Fsp3) is 0.714. The van der Waals surface area contributed by atoms with E-state index in [1.807, 2.05) is 20.8 Å². The van der Waals surface area contributed by atoms with Crippen LogP contribution in [-0.2, 0) is 17.3 Å². The van der Waals surface area contributed by atoms with E-state index >= 15 is 0 Å². The van der Waals surface area contributed by atoms with E-state index in [9.17, 15) is 9.90 Å². The molecule has 5 heteroatoms. The van der Waals surface area contributed by atoms with Gasteiger partial charge in [0.2, 0.25) is 0 Å². The van der Waals surface area contributed by atoms with Crippen molar-refractivity contribution in [3.63, 3.8) is 0 Å². The number of carbonyl (C=O) groups is 1. The molecule has 108 valence electrons. The molecule has 0 aliphatic heterocycles. The lowest BCUT2D eigenvalue weighted by atomic mass is 9.82. The number of aliphatic hydroxyl groups excluding tert-OH is 1. The monoisotopic (exact) mass is 268 g/mol. The third-order valence-corrected chi connectivity index (χ3v) is 3.56. The van der Waals surface area contributed by atoms with Gasteiger partial charge in [0.25, 0.3) is 0 Å². The van der Waals surface area contributed by atoms with Crippen LogP contribution in [0.2, 0.25) is 0 Å². The minimum Gasteiger partial charge on any atom is -0.481 e. The average molecular weight is 268 g/mol. The van der Waals surface area contributed by atoms with E-state index in [1.54, 1.807) is 31.8 Å². The Balaban J connectivity index is 3.13. The minimum atomic E-state index is -0.896. The smallest absolute Gasteiger partial charge is 0.306 e. The average Bonchev–Trinajstić information content (AvgIpc) is 2.68. The van der Waals surface area contributed by atoms with Gasteiger partial charge in [-0.15, -0.1) is 0 Å². The molecule has 19 heavy (non-hydrogen) atoms. The highest BCUT2D eigenvalue weighted by Crippen LogP contribution is 2.34. The van der Waals surface area contributed by atoms with Crippen LogP contribution in [0.15, 0.2) is 6.20 Å². The molecule has 0 fully saturated rings. The van der Waals surface area contributed by atoms with Gasteiger partial charge in [-0.1, -0.05) is 34.6 Å². The third-order valence-electron chi connectivity index (χ3n) is 3.56. The van der Waals surface area contributed by atoms with Crippen LogP contribution in [0.5, 0.6) is 0 Å². The lowest BCUT2D eigenvalue weighted by molar-refractivity contribution is -0.144. The fourth-order valence-corrected chi connectivity index (χ4v) is 2.09. The lowest BCUT2D eigenvalue weighted by Crippen LogP contribution is -2.25. The summed E-state index contributed by atoms with van der Waals surface area (Å²) in [7, 11) is 1.80. The van der Waals surface area contributed by atoms with E-state index in [1.165, 1.54) is 0 Å². The van der Waals surface area contributed by atoms with Crippen LogP contribution in [0.4, 0.5) is 0 Å². The van der Waals surface area contributed by atoms with Crippen molar-refractivity contribution in [2.75, 3.05) is 0 Å². The summed E-state index contributed by atoms with van der Waals surface area (Å²) >= 11 is 0. The van der Waals surface area contributed by atoms with Crippen molar-refractivity contribution in [2.45, 2.75) is 46.1 Å². The van der Waals surface area contributed by atoms with Gasteiger partial charge in [-0.3, -0.25) is 9.48 Å². The van der Waals surface area contributed by atoms with Gasteiger partial charge in [-0.2, -0.15) is 5.10 Å². The number of aromatic nitrogens is 2. The fourth-order valence-electron chi connectivity index (χ4n) is 2.09. The molecule has 0 bridgehead atoms. The Labute approximate surface area is 114 Å². The molecule has 5 nitrogen and oxygen atoms in total. The molecule has 3 atom stereocenters. The number of hydrogen-bond acceptors (Lipinski definition) is 3. The van der Waals surface area contributed by atoms with E-state index in [0.717, 1.165) is 11.3 Å². The Hall–Kier alpha value is -1.36. The van der Waals surface area contributed by atoms with Crippen molar-refractivity contribution in [1.82, 2.24) is 9.78 Å². The summed E-state index contributed by atoms with van der Waals surface area (Å²) < 4.78 is 1.66. The molecule has 0 aliphatic carbocycles. The molecule has 0 saturated carbocycles. The van der Waals surface area contributed by atoms with E-state index in [0.29, 0.717) is 0 Å². The molecule has 0 aliphatic rings. The molecule has 2 N–H and O–H groups in total. The van der Waals surface area contributed by atoms with E-state index in [4.69, 9.17) is 5.11 Å². The normalized spacial score (nSPS) is 17.0. The van der Waals surface area contributed by atoms with Crippen LogP contribution in [0, 0.1) is 11.8 Å². The zero-order valence-corrected chi connectivity index (χ0v) is 12.5. The second-order valence-corrected chi connectivity index (χ2v) is 6.29. The highest BCUT2D eigenvalue weighted by molar-refractivity contribution is 5.69. The number of aliphatic carboxylic acids is 1. The predicted octanol–water partition coefficient (Wildman–Crippen LogP) is 2.11. The van der Waals surface area contributed by atoms with E-state index < -0.39 is 18.0 Å². The zero-order chi connectivity index (χ0) is 15.0. The maximum atomic E-state index is 11.0. The number of aryl methyl sites for hydroxylation is 1. The predicted molar refractivity (Wildman–Crippen MR) is 72.8 cm³/mol. The second-order valence-electron chi connectivity index (χ2n) is 6.29. The second kappa shape index (κ2) is 5.33. The first-order valence-corrected chi connectivity index (χ1v) is 6.50. The summed E-state index contributed by atoms with van der Waals surface area (Å²) in [6.45, 7) is 9.44. The van der Waals surface area contributed by atoms with Crippen LogP contribution in [0.3, 0.4) is 0 Å². The van der Waals surface area contributed by atoms with Gasteiger partial charge in [0.05, 0.1) is 17.7 Å². The maximum absolute atomic E-state index is 11.0. The Morgan fingerprint density at radius 2 is 1.89 bits per heavy atom. The molecule has 1 aromatic rings. The highest BCUT2D eigenvalue weighted by Gasteiger charge is 2.32. The number of aliphatic hydroxyl groups is 1. The molecule has 1 heterocycles. The van der Waals surface area contributed by atoms with Crippen LogP contribution in [0.25, 0.3) is 0 Å². The van der Waals surface area contributed by atoms with Gasteiger partial charge >= 0.3 is 5.97 Å². The first kappa shape index (κ1) is 15.7. The Bertz CT molecular complexity index is 460. The van der Waals surface area contributed by atoms with Crippen molar-refractivity contribution in [3.05, 3.63) is 17.5 Å². The minimum absolute atomic E-state index is 0.191. The Kier molecular flexibility index (Phi) is 4.40. The Morgan fingerprint density at radius 1 is 1.37 bits per heavy atom. The maximum Gasteiger partial charge on any atom is 0.306 e. The topological polar surface area (TPSA) is 75.3 Å². The number of hydrogen-bond donors (Lipinski definition) is 2. The Morgan fingerprint density at radius 3 is 2.32 bits per heavy atom. The van der Waals surface area contributed by atoms with E-state index in [-0.39, 0.29) is 11.3 Å². The summed E-state index contributed by atoms with van der Waals surface area (Å²) in [6, 6.07) is 0. The van der Waals surface area contributed by atoms with Gasteiger partial charge in [0, 0.05) is 24.2 Å². The van der Waals surface area contributed by atoms with Crippen molar-refractivity contribution in [1.29, 1.82) is 0 Å². The van der Waals surface area contributed by atoms with Gasteiger partial charge in [-0.25, -0.2) is 0 Å². The highest BCUT2D eigenvalue weighted by atomic mass is 16.4. The molecule has 1 aromatic heterocycles. The molecule has 0 radical (unpaired) electrons. The molecule has 0 amide bonds. The standard InChI is InChI=1S/C14H24N2O3/c1-8(9(2)13(18)19)11(17)10-7-16(6)15-12(10)14(3,4)5/h7-9,11,17H,1-6H3,(H,18,19). The van der Waals surface area contributed by atoms with Crippen molar-refractivity contribution in [2.24, 2.45) is 18.9 Å². The summed E-state index contributed by atoms with van der Waals surface area (Å²) in [6.07, 6.45) is 0.949. The van der Waals surface area contributed by atoms with Gasteiger partial charge in [-0.05, 0) is 5.92 Å². The van der Waals surface area contributed by atoms with Crippen LogP contribution in [0.1, 0.15) is 52.0 Å².